The third-order valence-electron chi connectivity index (χ3n) is 4.27. The Balaban J connectivity index is 1.68. The number of halogens is 3. The summed E-state index contributed by atoms with van der Waals surface area (Å²) in [4.78, 5) is 12.2. The van der Waals surface area contributed by atoms with E-state index in [0.717, 1.165) is 30.6 Å². The van der Waals surface area contributed by atoms with E-state index in [0.29, 0.717) is 12.2 Å². The summed E-state index contributed by atoms with van der Waals surface area (Å²) in [5, 5.41) is 11.0. The quantitative estimate of drug-likeness (QED) is 0.812. The zero-order valence-corrected chi connectivity index (χ0v) is 14.9. The molecule has 25 heavy (non-hydrogen) atoms. The molecule has 0 saturated heterocycles. The van der Waals surface area contributed by atoms with E-state index < -0.39 is 12.1 Å². The Morgan fingerprint density at radius 3 is 2.72 bits per heavy atom. The lowest BCUT2D eigenvalue weighted by Gasteiger charge is -2.08. The molecule has 1 saturated carbocycles. The van der Waals surface area contributed by atoms with Gasteiger partial charge < -0.3 is 5.32 Å². The minimum Gasteiger partial charge on any atom is -0.350 e. The number of carbonyl (C=O) groups excluding carboxylic acids is 1. The Morgan fingerprint density at radius 1 is 1.44 bits per heavy atom. The van der Waals surface area contributed by atoms with Crippen molar-refractivity contribution in [3.63, 3.8) is 0 Å². The maximum atomic E-state index is 13.0. The molecule has 0 spiro atoms. The molecule has 1 amide bonds. The van der Waals surface area contributed by atoms with Gasteiger partial charge in [0, 0.05) is 30.8 Å². The van der Waals surface area contributed by atoms with E-state index in [1.165, 1.54) is 4.68 Å². The highest BCUT2D eigenvalue weighted by molar-refractivity contribution is 6.32. The fourth-order valence-corrected chi connectivity index (χ4v) is 3.13. The van der Waals surface area contributed by atoms with Gasteiger partial charge in [-0.1, -0.05) is 11.6 Å². The van der Waals surface area contributed by atoms with Crippen LogP contribution in [-0.2, 0) is 24.4 Å². The molecule has 0 unspecified atom stereocenters. The van der Waals surface area contributed by atoms with Crippen LogP contribution in [0.1, 0.15) is 54.8 Å². The van der Waals surface area contributed by atoms with Crippen LogP contribution in [0.15, 0.2) is 6.20 Å². The minimum atomic E-state index is -2.75. The summed E-state index contributed by atoms with van der Waals surface area (Å²) in [5.74, 6) is -0.184. The summed E-state index contributed by atoms with van der Waals surface area (Å²) in [6.07, 6.45) is 0.887. The standard InChI is InChI=1S/C16H20ClF2N5O/c1-3-23-7-11(9(2)21-23)6-20-12(25)8-24-15(10-4-5-10)13(17)14(22-24)16(18)19/h7,10,16H,3-6,8H2,1-2H3,(H,20,25). The van der Waals surface area contributed by atoms with Crippen LogP contribution in [0.2, 0.25) is 5.02 Å². The topological polar surface area (TPSA) is 64.7 Å². The van der Waals surface area contributed by atoms with E-state index in [9.17, 15) is 13.6 Å². The largest absolute Gasteiger partial charge is 0.350 e. The third-order valence-corrected chi connectivity index (χ3v) is 4.66. The van der Waals surface area contributed by atoms with Crippen LogP contribution >= 0.6 is 11.6 Å². The van der Waals surface area contributed by atoms with E-state index in [4.69, 9.17) is 11.6 Å². The number of rotatable bonds is 7. The maximum absolute atomic E-state index is 13.0. The van der Waals surface area contributed by atoms with Crippen LogP contribution in [0, 0.1) is 6.92 Å². The summed E-state index contributed by atoms with van der Waals surface area (Å²) in [5.41, 5.74) is 1.87. The van der Waals surface area contributed by atoms with Gasteiger partial charge in [-0.2, -0.15) is 10.2 Å². The van der Waals surface area contributed by atoms with Gasteiger partial charge in [-0.05, 0) is 26.7 Å². The molecule has 0 atom stereocenters. The second-order valence-corrected chi connectivity index (χ2v) is 6.57. The van der Waals surface area contributed by atoms with E-state index >= 15 is 0 Å². The molecule has 0 bridgehead atoms. The molecular formula is C16H20ClF2N5O. The van der Waals surface area contributed by atoms with Gasteiger partial charge in [-0.25, -0.2) is 8.78 Å². The lowest BCUT2D eigenvalue weighted by Crippen LogP contribution is -2.28. The van der Waals surface area contributed by atoms with Gasteiger partial charge >= 0.3 is 0 Å². The van der Waals surface area contributed by atoms with Gasteiger partial charge in [-0.3, -0.25) is 14.2 Å². The number of aryl methyl sites for hydroxylation is 2. The molecule has 9 heteroatoms. The van der Waals surface area contributed by atoms with Crippen molar-refractivity contribution in [2.24, 2.45) is 0 Å². The van der Waals surface area contributed by atoms with Crippen LogP contribution in [-0.4, -0.2) is 25.5 Å². The Labute approximate surface area is 149 Å². The fourth-order valence-electron chi connectivity index (χ4n) is 2.76. The number of hydrogen-bond acceptors (Lipinski definition) is 3. The molecule has 0 aromatic carbocycles. The van der Waals surface area contributed by atoms with E-state index in [1.54, 1.807) is 4.68 Å². The zero-order valence-electron chi connectivity index (χ0n) is 14.1. The van der Waals surface area contributed by atoms with Gasteiger partial charge in [0.2, 0.25) is 5.91 Å². The number of alkyl halides is 2. The zero-order chi connectivity index (χ0) is 18.1. The highest BCUT2D eigenvalue weighted by Crippen LogP contribution is 2.45. The Hall–Kier alpha value is -1.96. The van der Waals surface area contributed by atoms with Gasteiger partial charge in [-0.15, -0.1) is 0 Å². The van der Waals surface area contributed by atoms with Crippen molar-refractivity contribution in [2.75, 3.05) is 0 Å². The summed E-state index contributed by atoms with van der Waals surface area (Å²) < 4.78 is 29.2. The molecular weight excluding hydrogens is 352 g/mol. The normalized spacial score (nSPS) is 14.3. The highest BCUT2D eigenvalue weighted by atomic mass is 35.5. The Kier molecular flexibility index (Phi) is 5.08. The molecule has 136 valence electrons. The fraction of sp³-hybridized carbons (Fsp3) is 0.562. The van der Waals surface area contributed by atoms with Gasteiger partial charge in [0.15, 0.2) is 0 Å². The van der Waals surface area contributed by atoms with Gasteiger partial charge in [0.05, 0.1) is 16.4 Å². The molecule has 6 nitrogen and oxygen atoms in total. The number of carbonyl (C=O) groups is 1. The Bertz CT molecular complexity index is 782. The molecule has 1 N–H and O–H groups in total. The van der Waals surface area contributed by atoms with Crippen LogP contribution in [0.3, 0.4) is 0 Å². The lowest BCUT2D eigenvalue weighted by molar-refractivity contribution is -0.122. The average Bonchev–Trinajstić information content (AvgIpc) is 3.25. The molecule has 0 aliphatic heterocycles. The van der Waals surface area contributed by atoms with Crippen molar-refractivity contribution in [2.45, 2.75) is 58.7 Å². The van der Waals surface area contributed by atoms with E-state index in [1.807, 2.05) is 20.0 Å². The summed E-state index contributed by atoms with van der Waals surface area (Å²) in [7, 11) is 0. The number of amides is 1. The molecule has 1 fully saturated rings. The van der Waals surface area contributed by atoms with Gasteiger partial charge in [0.1, 0.15) is 12.2 Å². The van der Waals surface area contributed by atoms with Crippen molar-refractivity contribution >= 4 is 17.5 Å². The van der Waals surface area contributed by atoms with E-state index in [2.05, 4.69) is 15.5 Å². The predicted octanol–water partition coefficient (Wildman–Crippen LogP) is 3.19. The van der Waals surface area contributed by atoms with Crippen LogP contribution in [0.5, 0.6) is 0 Å². The SMILES string of the molecule is CCn1cc(CNC(=O)Cn2nc(C(F)F)c(Cl)c2C2CC2)c(C)n1. The maximum Gasteiger partial charge on any atom is 0.283 e. The molecule has 1 aliphatic carbocycles. The molecule has 3 rings (SSSR count). The number of hydrogen-bond donors (Lipinski definition) is 1. The first-order chi connectivity index (χ1) is 11.9. The van der Waals surface area contributed by atoms with Crippen molar-refractivity contribution in [1.82, 2.24) is 24.9 Å². The van der Waals surface area contributed by atoms with Crippen molar-refractivity contribution in [1.29, 1.82) is 0 Å². The Morgan fingerprint density at radius 2 is 2.16 bits per heavy atom. The molecule has 2 heterocycles. The van der Waals surface area contributed by atoms with Crippen molar-refractivity contribution in [3.8, 4) is 0 Å². The average molecular weight is 372 g/mol. The van der Waals surface area contributed by atoms with Crippen LogP contribution in [0.25, 0.3) is 0 Å². The molecule has 1 aliphatic rings. The summed E-state index contributed by atoms with van der Waals surface area (Å²) in [6, 6.07) is 0. The third kappa shape index (κ3) is 3.84. The second-order valence-electron chi connectivity index (χ2n) is 6.19. The molecule has 2 aromatic rings. The lowest BCUT2D eigenvalue weighted by atomic mass is 10.2. The minimum absolute atomic E-state index is 0.00892. The van der Waals surface area contributed by atoms with E-state index in [-0.39, 0.29) is 23.4 Å². The number of nitrogens with one attached hydrogen (secondary N) is 1. The molecule has 0 radical (unpaired) electrons. The second kappa shape index (κ2) is 7.11. The van der Waals surface area contributed by atoms with Crippen LogP contribution in [0.4, 0.5) is 8.78 Å². The number of aromatic nitrogens is 4. The summed E-state index contributed by atoms with van der Waals surface area (Å²) >= 11 is 6.05. The predicted molar refractivity (Wildman–Crippen MR) is 88.7 cm³/mol. The summed E-state index contributed by atoms with van der Waals surface area (Å²) in [6.45, 7) is 4.82. The molecule has 2 aromatic heterocycles. The van der Waals surface area contributed by atoms with Crippen molar-refractivity contribution in [3.05, 3.63) is 33.9 Å². The first kappa shape index (κ1) is 17.8. The first-order valence-electron chi connectivity index (χ1n) is 8.24. The highest BCUT2D eigenvalue weighted by Gasteiger charge is 2.34. The smallest absolute Gasteiger partial charge is 0.283 e. The monoisotopic (exact) mass is 371 g/mol. The van der Waals surface area contributed by atoms with Crippen LogP contribution < -0.4 is 5.32 Å². The number of nitrogens with zero attached hydrogens (tertiary/aromatic N) is 4. The first-order valence-corrected chi connectivity index (χ1v) is 8.62. The van der Waals surface area contributed by atoms with Crippen molar-refractivity contribution < 1.29 is 13.6 Å². The van der Waals surface area contributed by atoms with Gasteiger partial charge in [0.25, 0.3) is 6.43 Å².